The molecule has 20 heavy (non-hydrogen) atoms. The van der Waals surface area contributed by atoms with Gasteiger partial charge in [0.2, 0.25) is 0 Å². The number of hydrogen-bond acceptors (Lipinski definition) is 2. The van der Waals surface area contributed by atoms with Crippen LogP contribution in [0.4, 0.5) is 10.5 Å². The van der Waals surface area contributed by atoms with Gasteiger partial charge in [0.1, 0.15) is 0 Å². The monoisotopic (exact) mass is 336 g/mol. The highest BCUT2D eigenvalue weighted by atomic mass is 79.9. The Morgan fingerprint density at radius 1 is 1.35 bits per heavy atom. The molecule has 3 heterocycles. The molecule has 1 aromatic carbocycles. The Morgan fingerprint density at radius 3 is 3.00 bits per heavy atom. The van der Waals surface area contributed by atoms with Gasteiger partial charge in [-0.3, -0.25) is 0 Å². The molecule has 0 bridgehead atoms. The van der Waals surface area contributed by atoms with E-state index >= 15 is 0 Å². The van der Waals surface area contributed by atoms with Gasteiger partial charge in [-0.1, -0.05) is 15.9 Å². The molecule has 1 fully saturated rings. The van der Waals surface area contributed by atoms with Crippen LogP contribution in [0.25, 0.3) is 0 Å². The minimum absolute atomic E-state index is 0.337. The molecule has 0 saturated carbocycles. The number of nitrogens with zero attached hydrogens (tertiary/aromatic N) is 2. The summed E-state index contributed by atoms with van der Waals surface area (Å²) in [5.41, 5.74) is 4.18. The molecule has 0 aliphatic carbocycles. The molecule has 0 aromatic heterocycles. The van der Waals surface area contributed by atoms with Crippen molar-refractivity contribution in [1.82, 2.24) is 4.90 Å². The van der Waals surface area contributed by atoms with Crippen LogP contribution in [0.5, 0.6) is 0 Å². The normalized spacial score (nSPS) is 27.2. The third-order valence-electron chi connectivity index (χ3n) is 4.96. The number of carboxylic acid groups (broad SMARTS) is 1. The fourth-order valence-corrected chi connectivity index (χ4v) is 4.70. The van der Waals surface area contributed by atoms with Crippen LogP contribution in [-0.2, 0) is 6.42 Å². The van der Waals surface area contributed by atoms with Gasteiger partial charge in [0.25, 0.3) is 0 Å². The third kappa shape index (κ3) is 1.68. The van der Waals surface area contributed by atoms with Crippen molar-refractivity contribution in [3.8, 4) is 0 Å². The average molecular weight is 337 g/mol. The van der Waals surface area contributed by atoms with Gasteiger partial charge in [-0.15, -0.1) is 0 Å². The molecule has 1 N–H and O–H groups in total. The summed E-state index contributed by atoms with van der Waals surface area (Å²) in [5, 5.41) is 9.25. The van der Waals surface area contributed by atoms with Gasteiger partial charge in [0.05, 0.1) is 0 Å². The van der Waals surface area contributed by atoms with Gasteiger partial charge in [-0.25, -0.2) is 4.79 Å². The number of likely N-dealkylation sites (tertiary alicyclic amines) is 1. The Hall–Kier alpha value is -1.23. The highest BCUT2D eigenvalue weighted by Crippen LogP contribution is 2.49. The predicted molar refractivity (Wildman–Crippen MR) is 80.6 cm³/mol. The van der Waals surface area contributed by atoms with E-state index in [1.165, 1.54) is 23.2 Å². The molecule has 1 unspecified atom stereocenters. The quantitative estimate of drug-likeness (QED) is 0.791. The lowest BCUT2D eigenvalue weighted by molar-refractivity contribution is 0.127. The molecular formula is C15H17BrN2O2. The topological polar surface area (TPSA) is 43.8 Å². The lowest BCUT2D eigenvalue weighted by atomic mass is 9.89. The number of fused-ring (bicyclic) bond motifs is 3. The van der Waals surface area contributed by atoms with Crippen LogP contribution in [0.1, 0.15) is 29.9 Å². The van der Waals surface area contributed by atoms with Gasteiger partial charge in [0, 0.05) is 41.8 Å². The van der Waals surface area contributed by atoms with E-state index in [2.05, 4.69) is 33.0 Å². The van der Waals surface area contributed by atoms with Crippen LogP contribution in [0.3, 0.4) is 0 Å². The zero-order chi connectivity index (χ0) is 13.9. The van der Waals surface area contributed by atoms with E-state index in [9.17, 15) is 9.90 Å². The van der Waals surface area contributed by atoms with E-state index in [4.69, 9.17) is 0 Å². The SMILES string of the molecule is O=C(O)N1CC[C@H]2C(C1)c1cc(Br)cc3c1N2CCC3. The summed E-state index contributed by atoms with van der Waals surface area (Å²) in [5.74, 6) is 0.337. The highest BCUT2D eigenvalue weighted by Gasteiger charge is 2.44. The van der Waals surface area contributed by atoms with Crippen LogP contribution in [-0.4, -0.2) is 41.8 Å². The Morgan fingerprint density at radius 2 is 2.20 bits per heavy atom. The minimum atomic E-state index is -0.784. The van der Waals surface area contributed by atoms with Gasteiger partial charge in [-0.2, -0.15) is 0 Å². The molecule has 4 nitrogen and oxygen atoms in total. The molecule has 2 atom stereocenters. The number of piperidine rings is 1. The maximum absolute atomic E-state index is 11.3. The Balaban J connectivity index is 1.79. The zero-order valence-electron chi connectivity index (χ0n) is 11.2. The second-order valence-corrected chi connectivity index (χ2v) is 6.91. The fourth-order valence-electron chi connectivity index (χ4n) is 4.18. The number of amides is 1. The van der Waals surface area contributed by atoms with Crippen molar-refractivity contribution < 1.29 is 9.90 Å². The van der Waals surface area contributed by atoms with E-state index < -0.39 is 6.09 Å². The second kappa shape index (κ2) is 4.38. The first-order chi connectivity index (χ1) is 9.65. The molecule has 5 heteroatoms. The van der Waals surface area contributed by atoms with Crippen LogP contribution in [0.2, 0.25) is 0 Å². The average Bonchev–Trinajstić information content (AvgIpc) is 2.74. The van der Waals surface area contributed by atoms with Crippen LogP contribution < -0.4 is 4.90 Å². The molecule has 3 aliphatic heterocycles. The van der Waals surface area contributed by atoms with Crippen molar-refractivity contribution in [3.63, 3.8) is 0 Å². The maximum atomic E-state index is 11.3. The molecule has 3 aliphatic rings. The summed E-state index contributed by atoms with van der Waals surface area (Å²) in [4.78, 5) is 15.4. The Bertz CT molecular complexity index is 589. The highest BCUT2D eigenvalue weighted by molar-refractivity contribution is 9.10. The number of carbonyl (C=O) groups is 1. The lowest BCUT2D eigenvalue weighted by Crippen LogP contribution is -2.48. The standard InChI is InChI=1S/C15H17BrN2O2/c16-10-6-9-2-1-4-18-13-3-5-17(15(19)20)8-12(13)11(7-10)14(9)18/h6-7,12-13H,1-5,8H2,(H,19,20)/t12?,13-/m0/s1. The summed E-state index contributed by atoms with van der Waals surface area (Å²) in [6, 6.07) is 4.93. The molecule has 1 amide bonds. The summed E-state index contributed by atoms with van der Waals surface area (Å²) >= 11 is 3.61. The number of benzene rings is 1. The Kier molecular flexibility index (Phi) is 2.74. The van der Waals surface area contributed by atoms with Crippen molar-refractivity contribution in [2.75, 3.05) is 24.5 Å². The van der Waals surface area contributed by atoms with Gasteiger partial charge in [0.15, 0.2) is 0 Å². The maximum Gasteiger partial charge on any atom is 0.407 e. The van der Waals surface area contributed by atoms with E-state index in [-0.39, 0.29) is 0 Å². The molecule has 1 saturated heterocycles. The first-order valence-corrected chi connectivity index (χ1v) is 8.01. The third-order valence-corrected chi connectivity index (χ3v) is 5.42. The van der Waals surface area contributed by atoms with Gasteiger partial charge >= 0.3 is 6.09 Å². The molecule has 1 aromatic rings. The number of aryl methyl sites for hydroxylation is 1. The lowest BCUT2D eigenvalue weighted by Gasteiger charge is -2.39. The first-order valence-electron chi connectivity index (χ1n) is 7.22. The van der Waals surface area contributed by atoms with E-state index in [0.717, 1.165) is 23.9 Å². The van der Waals surface area contributed by atoms with E-state index in [1.807, 2.05) is 0 Å². The van der Waals surface area contributed by atoms with Crippen LogP contribution in [0, 0.1) is 0 Å². The smallest absolute Gasteiger partial charge is 0.407 e. The van der Waals surface area contributed by atoms with E-state index in [1.54, 1.807) is 4.90 Å². The molecular weight excluding hydrogens is 320 g/mol. The number of hydrogen-bond donors (Lipinski definition) is 1. The van der Waals surface area contributed by atoms with Crippen LogP contribution >= 0.6 is 15.9 Å². The predicted octanol–water partition coefficient (Wildman–Crippen LogP) is 3.05. The van der Waals surface area contributed by atoms with E-state index in [0.29, 0.717) is 25.0 Å². The first kappa shape index (κ1) is 12.5. The van der Waals surface area contributed by atoms with Crippen LogP contribution in [0.15, 0.2) is 16.6 Å². The summed E-state index contributed by atoms with van der Waals surface area (Å²) in [6.45, 7) is 2.42. The molecule has 4 rings (SSSR count). The number of halogens is 1. The van der Waals surface area contributed by atoms with Gasteiger partial charge in [-0.05, 0) is 42.5 Å². The minimum Gasteiger partial charge on any atom is -0.465 e. The van der Waals surface area contributed by atoms with Gasteiger partial charge < -0.3 is 14.9 Å². The second-order valence-electron chi connectivity index (χ2n) is 5.99. The largest absolute Gasteiger partial charge is 0.465 e. The van der Waals surface area contributed by atoms with Crippen molar-refractivity contribution in [2.24, 2.45) is 0 Å². The van der Waals surface area contributed by atoms with Crippen molar-refractivity contribution >= 4 is 27.7 Å². The zero-order valence-corrected chi connectivity index (χ0v) is 12.8. The van der Waals surface area contributed by atoms with Crippen molar-refractivity contribution in [1.29, 1.82) is 0 Å². The summed E-state index contributed by atoms with van der Waals surface area (Å²) < 4.78 is 1.13. The molecule has 0 radical (unpaired) electrons. The molecule has 0 spiro atoms. The number of rotatable bonds is 0. The number of anilines is 1. The summed E-state index contributed by atoms with van der Waals surface area (Å²) in [6.07, 6.45) is 2.51. The summed E-state index contributed by atoms with van der Waals surface area (Å²) in [7, 11) is 0. The van der Waals surface area contributed by atoms with Crippen molar-refractivity contribution in [2.45, 2.75) is 31.2 Å². The molecule has 106 valence electrons. The Labute approximate surface area is 126 Å². The fraction of sp³-hybridized carbons (Fsp3) is 0.533. The van der Waals surface area contributed by atoms with Crippen molar-refractivity contribution in [3.05, 3.63) is 27.7 Å².